The molecule has 0 aliphatic rings. The van der Waals surface area contributed by atoms with Crippen molar-refractivity contribution in [2.24, 2.45) is 17.8 Å². The molecule has 0 rings (SSSR count). The first-order chi connectivity index (χ1) is 42.8. The summed E-state index contributed by atoms with van der Waals surface area (Å²) in [6.45, 7) is 11.7. The highest BCUT2D eigenvalue weighted by Gasteiger charge is 2.30. The van der Waals surface area contributed by atoms with Crippen LogP contribution < -0.4 is 0 Å². The van der Waals surface area contributed by atoms with Crippen LogP contribution in [-0.2, 0) is 65.4 Å². The molecule has 3 N–H and O–H groups in total. The van der Waals surface area contributed by atoms with Crippen LogP contribution in [0.15, 0.2) is 0 Å². The summed E-state index contributed by atoms with van der Waals surface area (Å²) in [6.07, 6.45) is 44.9. The Morgan fingerprint density at radius 3 is 0.854 bits per heavy atom. The van der Waals surface area contributed by atoms with Crippen molar-refractivity contribution in [1.29, 1.82) is 0 Å². The number of phosphoric acid groups is 2. The normalized spacial score (nSPS) is 14.5. The number of rotatable bonds is 68. The molecule has 0 spiro atoms. The van der Waals surface area contributed by atoms with Crippen LogP contribution in [0, 0.1) is 17.8 Å². The van der Waals surface area contributed by atoms with Gasteiger partial charge in [-0.25, -0.2) is 9.13 Å². The molecule has 0 bridgehead atoms. The summed E-state index contributed by atoms with van der Waals surface area (Å²) in [5.74, 6) is 0.110. The standard InChI is InChI=1S/C70H136O17P2/c1-8-10-11-12-13-29-37-44-51-67(72)80-58-66(87-70(75)54-47-40-33-32-35-42-49-62(5)6)60-85-89(78,79)83-56-64(71)55-82-88(76,77)84-59-65(57-81-68(73)52-45-38-31-26-27-34-41-48-61(3)4)86-69(74)53-46-39-30-25-23-21-19-17-15-14-16-18-20-22-24-28-36-43-50-63(7)9-2/h61-66,71H,8-60H2,1-7H3,(H,76,77)(H,78,79)/t63?,64-,65-,66-/m1/s1. The number of carbonyl (C=O) groups is 4. The van der Waals surface area contributed by atoms with Gasteiger partial charge in [0.2, 0.25) is 0 Å². The Balaban J connectivity index is 5.11. The number of aliphatic hydroxyl groups excluding tert-OH is 1. The third-order valence-corrected chi connectivity index (χ3v) is 18.4. The zero-order chi connectivity index (χ0) is 65.9. The second kappa shape index (κ2) is 61.0. The number of carbonyl (C=O) groups excluding carboxylic acids is 4. The highest BCUT2D eigenvalue weighted by Crippen LogP contribution is 2.45. The Morgan fingerprint density at radius 1 is 0.326 bits per heavy atom. The summed E-state index contributed by atoms with van der Waals surface area (Å²) in [4.78, 5) is 72.3. The Kier molecular flexibility index (Phi) is 59.6. The van der Waals surface area contributed by atoms with Gasteiger partial charge in [-0.2, -0.15) is 0 Å². The molecule has 0 saturated heterocycles. The molecule has 0 radical (unpaired) electrons. The molecule has 0 aromatic rings. The molecule has 0 aromatic carbocycles. The van der Waals surface area contributed by atoms with E-state index in [1.165, 1.54) is 148 Å². The highest BCUT2D eigenvalue weighted by molar-refractivity contribution is 7.47. The van der Waals surface area contributed by atoms with Gasteiger partial charge in [-0.3, -0.25) is 37.3 Å². The summed E-state index contributed by atoms with van der Waals surface area (Å²) in [6, 6.07) is 0. The maximum Gasteiger partial charge on any atom is 0.472 e. The van der Waals surface area contributed by atoms with Crippen LogP contribution in [0.2, 0.25) is 0 Å². The number of esters is 4. The summed E-state index contributed by atoms with van der Waals surface area (Å²) >= 11 is 0. The van der Waals surface area contributed by atoms with Crippen molar-refractivity contribution in [1.82, 2.24) is 0 Å². The van der Waals surface area contributed by atoms with E-state index < -0.39 is 97.5 Å². The van der Waals surface area contributed by atoms with E-state index in [1.54, 1.807) is 0 Å². The molecule has 19 heteroatoms. The van der Waals surface area contributed by atoms with Crippen molar-refractivity contribution in [2.45, 2.75) is 369 Å². The monoisotopic (exact) mass is 1310 g/mol. The third-order valence-electron chi connectivity index (χ3n) is 16.5. The highest BCUT2D eigenvalue weighted by atomic mass is 31.2. The van der Waals surface area contributed by atoms with Crippen molar-refractivity contribution in [3.05, 3.63) is 0 Å². The molecule has 0 aliphatic heterocycles. The molecule has 0 fully saturated rings. The largest absolute Gasteiger partial charge is 0.472 e. The molecule has 3 unspecified atom stereocenters. The van der Waals surface area contributed by atoms with E-state index >= 15 is 0 Å². The lowest BCUT2D eigenvalue weighted by Gasteiger charge is -2.21. The quantitative estimate of drug-likeness (QED) is 0.0222. The SMILES string of the molecule is CCCCCCCCCCC(=O)OC[C@H](COP(=O)(O)OC[C@H](O)COP(=O)(O)OC[C@@H](COC(=O)CCCCCCCCCC(C)C)OC(=O)CCCCCCCCCCCCCCCCCCCCC(C)CC)OC(=O)CCCCCCCCC(C)C. The van der Waals surface area contributed by atoms with Gasteiger partial charge in [-0.05, 0) is 43.4 Å². The van der Waals surface area contributed by atoms with Gasteiger partial charge in [0.1, 0.15) is 19.3 Å². The van der Waals surface area contributed by atoms with Crippen LogP contribution in [-0.4, -0.2) is 96.7 Å². The lowest BCUT2D eigenvalue weighted by molar-refractivity contribution is -0.161. The maximum atomic E-state index is 13.0. The molecule has 528 valence electrons. The van der Waals surface area contributed by atoms with E-state index in [-0.39, 0.29) is 25.7 Å². The smallest absolute Gasteiger partial charge is 0.462 e. The zero-order valence-corrected chi connectivity index (χ0v) is 59.7. The fraction of sp³-hybridized carbons (Fsp3) is 0.943. The number of hydrogen-bond acceptors (Lipinski definition) is 15. The van der Waals surface area contributed by atoms with Gasteiger partial charge in [0.25, 0.3) is 0 Å². The maximum absolute atomic E-state index is 13.0. The van der Waals surface area contributed by atoms with Gasteiger partial charge in [0, 0.05) is 25.7 Å². The zero-order valence-electron chi connectivity index (χ0n) is 57.9. The number of ether oxygens (including phenoxy) is 4. The minimum atomic E-state index is -4.95. The first-order valence-corrected chi connectivity index (χ1v) is 39.4. The molecular formula is C70H136O17P2. The number of unbranched alkanes of at least 4 members (excludes halogenated alkanes) is 35. The van der Waals surface area contributed by atoms with E-state index in [4.69, 9.17) is 37.0 Å². The molecule has 0 saturated carbocycles. The second-order valence-corrected chi connectivity index (χ2v) is 29.4. The molecule has 6 atom stereocenters. The molecule has 0 aromatic heterocycles. The van der Waals surface area contributed by atoms with Crippen LogP contribution in [0.25, 0.3) is 0 Å². The van der Waals surface area contributed by atoms with Crippen molar-refractivity contribution in [3.63, 3.8) is 0 Å². The molecule has 17 nitrogen and oxygen atoms in total. The fourth-order valence-corrected chi connectivity index (χ4v) is 12.1. The Hall–Kier alpha value is -1.94. The average molecular weight is 1310 g/mol. The predicted octanol–water partition coefficient (Wildman–Crippen LogP) is 19.8. The second-order valence-electron chi connectivity index (χ2n) is 26.5. The minimum Gasteiger partial charge on any atom is -0.462 e. The summed E-state index contributed by atoms with van der Waals surface area (Å²) in [7, 11) is -9.89. The van der Waals surface area contributed by atoms with Crippen LogP contribution in [0.5, 0.6) is 0 Å². The van der Waals surface area contributed by atoms with Gasteiger partial charge in [0.05, 0.1) is 26.4 Å². The van der Waals surface area contributed by atoms with Crippen LogP contribution in [0.4, 0.5) is 0 Å². The van der Waals surface area contributed by atoms with E-state index in [2.05, 4.69) is 48.5 Å². The molecular weight excluding hydrogens is 1170 g/mol. The summed E-state index contributed by atoms with van der Waals surface area (Å²) < 4.78 is 68.1. The van der Waals surface area contributed by atoms with Crippen LogP contribution >= 0.6 is 15.6 Å². The number of hydrogen-bond donors (Lipinski definition) is 3. The number of aliphatic hydroxyl groups is 1. The summed E-state index contributed by atoms with van der Waals surface area (Å²) in [5.41, 5.74) is 0. The van der Waals surface area contributed by atoms with Gasteiger partial charge < -0.3 is 33.8 Å². The number of phosphoric ester groups is 2. The first-order valence-electron chi connectivity index (χ1n) is 36.4. The van der Waals surface area contributed by atoms with Crippen molar-refractivity contribution in [3.8, 4) is 0 Å². The Labute approximate surface area is 543 Å². The first kappa shape index (κ1) is 87.1. The van der Waals surface area contributed by atoms with Crippen molar-refractivity contribution >= 4 is 39.5 Å². The van der Waals surface area contributed by atoms with Gasteiger partial charge in [0.15, 0.2) is 12.2 Å². The van der Waals surface area contributed by atoms with E-state index in [0.717, 1.165) is 109 Å². The molecule has 0 aliphatic carbocycles. The minimum absolute atomic E-state index is 0.102. The van der Waals surface area contributed by atoms with Crippen LogP contribution in [0.1, 0.15) is 350 Å². The van der Waals surface area contributed by atoms with E-state index in [9.17, 15) is 43.2 Å². The van der Waals surface area contributed by atoms with E-state index in [0.29, 0.717) is 37.5 Å². The Morgan fingerprint density at radius 2 is 0.573 bits per heavy atom. The lowest BCUT2D eigenvalue weighted by Crippen LogP contribution is -2.30. The fourth-order valence-electron chi connectivity index (χ4n) is 10.5. The molecule has 0 heterocycles. The molecule has 89 heavy (non-hydrogen) atoms. The topological polar surface area (TPSA) is 237 Å². The van der Waals surface area contributed by atoms with Gasteiger partial charge >= 0.3 is 39.5 Å². The lowest BCUT2D eigenvalue weighted by atomic mass is 9.99. The average Bonchev–Trinajstić information content (AvgIpc) is 3.58. The Bertz CT molecular complexity index is 1750. The van der Waals surface area contributed by atoms with Crippen molar-refractivity contribution in [2.75, 3.05) is 39.6 Å². The van der Waals surface area contributed by atoms with Gasteiger partial charge in [-0.1, -0.05) is 299 Å². The van der Waals surface area contributed by atoms with Gasteiger partial charge in [-0.15, -0.1) is 0 Å². The van der Waals surface area contributed by atoms with Crippen molar-refractivity contribution < 1.29 is 80.2 Å². The third kappa shape index (κ3) is 63.2. The molecule has 0 amide bonds. The predicted molar refractivity (Wildman–Crippen MR) is 358 cm³/mol. The van der Waals surface area contributed by atoms with Crippen LogP contribution in [0.3, 0.4) is 0 Å². The van der Waals surface area contributed by atoms with E-state index in [1.807, 2.05) is 0 Å². The summed E-state index contributed by atoms with van der Waals surface area (Å²) in [5, 5.41) is 10.6.